The first-order chi connectivity index (χ1) is 7.88. The number of ether oxygens (including phenoxy) is 1. The standard InChI is InChI=1S/C14H19NO2/c1-9-8-12(16)15-11-7-5-6-10(13(11)17-9)14(2,3)4/h5-7,9H,8H2,1-4H3,(H,15,16). The maximum absolute atomic E-state index is 11.6. The molecule has 1 atom stereocenters. The van der Waals surface area contributed by atoms with Crippen molar-refractivity contribution in [2.45, 2.75) is 45.6 Å². The zero-order valence-electron chi connectivity index (χ0n) is 10.8. The van der Waals surface area contributed by atoms with Gasteiger partial charge >= 0.3 is 0 Å². The van der Waals surface area contributed by atoms with Gasteiger partial charge in [-0.25, -0.2) is 0 Å². The summed E-state index contributed by atoms with van der Waals surface area (Å²) in [5, 5.41) is 2.90. The lowest BCUT2D eigenvalue weighted by Gasteiger charge is -2.24. The summed E-state index contributed by atoms with van der Waals surface area (Å²) in [6, 6.07) is 5.91. The van der Waals surface area contributed by atoms with Gasteiger partial charge in [-0.15, -0.1) is 0 Å². The summed E-state index contributed by atoms with van der Waals surface area (Å²) < 4.78 is 5.90. The fraction of sp³-hybridized carbons (Fsp3) is 0.500. The third kappa shape index (κ3) is 2.43. The van der Waals surface area contributed by atoms with Crippen LogP contribution in [0, 0.1) is 0 Å². The van der Waals surface area contributed by atoms with Crippen LogP contribution >= 0.6 is 0 Å². The number of benzene rings is 1. The SMILES string of the molecule is CC1CC(=O)Nc2cccc(C(C)(C)C)c2O1. The minimum Gasteiger partial charge on any atom is -0.488 e. The number of hydrogen-bond acceptors (Lipinski definition) is 2. The summed E-state index contributed by atoms with van der Waals surface area (Å²) in [4.78, 5) is 11.6. The van der Waals surface area contributed by atoms with Crippen molar-refractivity contribution in [3.63, 3.8) is 0 Å². The summed E-state index contributed by atoms with van der Waals surface area (Å²) in [7, 11) is 0. The van der Waals surface area contributed by atoms with Crippen molar-refractivity contribution in [3.05, 3.63) is 23.8 Å². The van der Waals surface area contributed by atoms with Crippen LogP contribution in [0.3, 0.4) is 0 Å². The Balaban J connectivity index is 2.53. The Kier molecular flexibility index (Phi) is 2.86. The van der Waals surface area contributed by atoms with Crippen molar-refractivity contribution in [2.24, 2.45) is 0 Å². The number of amides is 1. The number of para-hydroxylation sites is 1. The van der Waals surface area contributed by atoms with Gasteiger partial charge in [0.1, 0.15) is 11.9 Å². The highest BCUT2D eigenvalue weighted by Crippen LogP contribution is 2.39. The molecular formula is C14H19NO2. The van der Waals surface area contributed by atoms with Gasteiger partial charge in [0, 0.05) is 5.56 Å². The predicted molar refractivity (Wildman–Crippen MR) is 68.5 cm³/mol. The second-order valence-corrected chi connectivity index (χ2v) is 5.61. The smallest absolute Gasteiger partial charge is 0.228 e. The minimum atomic E-state index is -0.0836. The minimum absolute atomic E-state index is 0.000130. The van der Waals surface area contributed by atoms with Gasteiger partial charge in [-0.1, -0.05) is 32.9 Å². The molecule has 0 radical (unpaired) electrons. The highest BCUT2D eigenvalue weighted by atomic mass is 16.5. The van der Waals surface area contributed by atoms with E-state index < -0.39 is 0 Å². The normalized spacial score (nSPS) is 20.0. The molecule has 0 bridgehead atoms. The maximum atomic E-state index is 11.6. The molecule has 1 amide bonds. The van der Waals surface area contributed by atoms with Gasteiger partial charge in [0.15, 0.2) is 0 Å². The van der Waals surface area contributed by atoms with Crippen LogP contribution in [0.2, 0.25) is 0 Å². The number of nitrogens with one attached hydrogen (secondary N) is 1. The molecule has 1 N–H and O–H groups in total. The van der Waals surface area contributed by atoms with Crippen molar-refractivity contribution in [3.8, 4) is 5.75 Å². The highest BCUT2D eigenvalue weighted by molar-refractivity contribution is 5.93. The van der Waals surface area contributed by atoms with Gasteiger partial charge in [0.25, 0.3) is 0 Å². The average Bonchev–Trinajstić information content (AvgIpc) is 2.31. The Morgan fingerprint density at radius 3 is 2.71 bits per heavy atom. The lowest BCUT2D eigenvalue weighted by molar-refractivity contribution is -0.117. The van der Waals surface area contributed by atoms with Gasteiger partial charge in [0.05, 0.1) is 12.1 Å². The van der Waals surface area contributed by atoms with E-state index in [1.807, 2.05) is 19.1 Å². The number of carbonyl (C=O) groups is 1. The number of fused-ring (bicyclic) bond motifs is 1. The van der Waals surface area contributed by atoms with E-state index in [1.54, 1.807) is 0 Å². The average molecular weight is 233 g/mol. The molecule has 2 rings (SSSR count). The van der Waals surface area contributed by atoms with Gasteiger partial charge < -0.3 is 10.1 Å². The maximum Gasteiger partial charge on any atom is 0.228 e. The third-order valence-electron chi connectivity index (χ3n) is 2.89. The number of rotatable bonds is 0. The van der Waals surface area contributed by atoms with Gasteiger partial charge in [-0.05, 0) is 18.4 Å². The molecule has 0 spiro atoms. The topological polar surface area (TPSA) is 38.3 Å². The first kappa shape index (κ1) is 12.0. The monoisotopic (exact) mass is 233 g/mol. The largest absolute Gasteiger partial charge is 0.488 e. The molecule has 0 aliphatic carbocycles. The Morgan fingerprint density at radius 1 is 1.35 bits per heavy atom. The van der Waals surface area contributed by atoms with Crippen molar-refractivity contribution < 1.29 is 9.53 Å². The highest BCUT2D eigenvalue weighted by Gasteiger charge is 2.26. The van der Waals surface area contributed by atoms with Crippen molar-refractivity contribution in [1.82, 2.24) is 0 Å². The number of anilines is 1. The summed E-state index contributed by atoms with van der Waals surface area (Å²) >= 11 is 0. The van der Waals surface area contributed by atoms with Crippen molar-refractivity contribution in [2.75, 3.05) is 5.32 Å². The molecule has 1 aromatic carbocycles. The molecule has 1 aliphatic heterocycles. The number of carbonyl (C=O) groups excluding carboxylic acids is 1. The van der Waals surface area contributed by atoms with E-state index in [1.165, 1.54) is 0 Å². The van der Waals surface area contributed by atoms with E-state index in [-0.39, 0.29) is 17.4 Å². The first-order valence-electron chi connectivity index (χ1n) is 5.98. The summed E-state index contributed by atoms with van der Waals surface area (Å²) in [5.74, 6) is 0.834. The van der Waals surface area contributed by atoms with Crippen molar-refractivity contribution in [1.29, 1.82) is 0 Å². The van der Waals surface area contributed by atoms with Crippen LogP contribution in [-0.2, 0) is 10.2 Å². The lowest BCUT2D eigenvalue weighted by Crippen LogP contribution is -2.18. The molecule has 92 valence electrons. The van der Waals surface area contributed by atoms with Crippen LogP contribution in [-0.4, -0.2) is 12.0 Å². The second kappa shape index (κ2) is 4.06. The first-order valence-corrected chi connectivity index (χ1v) is 5.98. The van der Waals surface area contributed by atoms with Gasteiger partial charge in [-0.2, -0.15) is 0 Å². The Bertz CT molecular complexity index is 446. The van der Waals surface area contributed by atoms with Crippen LogP contribution in [0.1, 0.15) is 39.7 Å². The molecule has 1 heterocycles. The molecule has 17 heavy (non-hydrogen) atoms. The van der Waals surface area contributed by atoms with Crippen LogP contribution in [0.4, 0.5) is 5.69 Å². The summed E-state index contributed by atoms with van der Waals surface area (Å²) in [6.45, 7) is 8.35. The van der Waals surface area contributed by atoms with Crippen LogP contribution in [0.5, 0.6) is 5.75 Å². The predicted octanol–water partition coefficient (Wildman–Crippen LogP) is 3.09. The second-order valence-electron chi connectivity index (χ2n) is 5.61. The molecule has 1 unspecified atom stereocenters. The van der Waals surface area contributed by atoms with Gasteiger partial charge in [0.2, 0.25) is 5.91 Å². The lowest BCUT2D eigenvalue weighted by atomic mass is 9.86. The van der Waals surface area contributed by atoms with E-state index in [0.717, 1.165) is 17.0 Å². The van der Waals surface area contributed by atoms with E-state index in [4.69, 9.17) is 4.74 Å². The molecule has 0 saturated heterocycles. The van der Waals surface area contributed by atoms with E-state index in [9.17, 15) is 4.79 Å². The summed E-state index contributed by atoms with van der Waals surface area (Å²) in [5.41, 5.74) is 1.91. The molecule has 0 fully saturated rings. The molecule has 3 nitrogen and oxygen atoms in total. The zero-order chi connectivity index (χ0) is 12.6. The molecule has 0 aromatic heterocycles. The molecule has 0 saturated carbocycles. The Hall–Kier alpha value is -1.51. The van der Waals surface area contributed by atoms with Crippen molar-refractivity contribution >= 4 is 11.6 Å². The fourth-order valence-electron chi connectivity index (χ4n) is 2.06. The van der Waals surface area contributed by atoms with Crippen LogP contribution < -0.4 is 10.1 Å². The molecule has 3 heteroatoms. The summed E-state index contributed by atoms with van der Waals surface area (Å²) in [6.07, 6.45) is 0.317. The molecule has 1 aromatic rings. The molecule has 1 aliphatic rings. The molecular weight excluding hydrogens is 214 g/mol. The zero-order valence-corrected chi connectivity index (χ0v) is 10.8. The third-order valence-corrected chi connectivity index (χ3v) is 2.89. The van der Waals surface area contributed by atoms with Crippen LogP contribution in [0.25, 0.3) is 0 Å². The van der Waals surface area contributed by atoms with E-state index in [2.05, 4.69) is 32.2 Å². The van der Waals surface area contributed by atoms with Crippen LogP contribution in [0.15, 0.2) is 18.2 Å². The quantitative estimate of drug-likeness (QED) is 0.747. The van der Waals surface area contributed by atoms with E-state index in [0.29, 0.717) is 6.42 Å². The Morgan fingerprint density at radius 2 is 2.06 bits per heavy atom. The number of hydrogen-bond donors (Lipinski definition) is 1. The van der Waals surface area contributed by atoms with Gasteiger partial charge in [-0.3, -0.25) is 4.79 Å². The van der Waals surface area contributed by atoms with E-state index >= 15 is 0 Å². The Labute approximate surface area is 102 Å². The fourth-order valence-corrected chi connectivity index (χ4v) is 2.06.